The Morgan fingerprint density at radius 2 is 1.62 bits per heavy atom. The zero-order valence-electron chi connectivity index (χ0n) is 13.9. The van der Waals surface area contributed by atoms with Crippen molar-refractivity contribution in [1.29, 1.82) is 0 Å². The molecule has 0 rings (SSSR count). The standard InChI is InChI=1S/C16H32N2O3/c1-4-5-6-7-8-12-21-13-11-17-15(19)9-10-16(20)18-14(2)3/h14H,4-13H2,1-3H3,(H,17,19)(H,18,20). The van der Waals surface area contributed by atoms with Crippen molar-refractivity contribution in [3.63, 3.8) is 0 Å². The highest BCUT2D eigenvalue weighted by molar-refractivity contribution is 5.83. The molecule has 0 radical (unpaired) electrons. The molecule has 0 aromatic carbocycles. The van der Waals surface area contributed by atoms with E-state index in [0.29, 0.717) is 13.2 Å². The lowest BCUT2D eigenvalue weighted by molar-refractivity contribution is -0.126. The Hall–Kier alpha value is -1.10. The van der Waals surface area contributed by atoms with Gasteiger partial charge >= 0.3 is 0 Å². The lowest BCUT2D eigenvalue weighted by atomic mass is 10.2. The molecule has 5 heteroatoms. The van der Waals surface area contributed by atoms with E-state index in [1.54, 1.807) is 0 Å². The van der Waals surface area contributed by atoms with Crippen molar-refractivity contribution in [2.45, 2.75) is 71.8 Å². The van der Waals surface area contributed by atoms with Gasteiger partial charge in [-0.2, -0.15) is 0 Å². The minimum absolute atomic E-state index is 0.0801. The van der Waals surface area contributed by atoms with Gasteiger partial charge in [0, 0.05) is 32.0 Å². The topological polar surface area (TPSA) is 67.4 Å². The number of carbonyl (C=O) groups excluding carboxylic acids is 2. The molecule has 2 N–H and O–H groups in total. The monoisotopic (exact) mass is 300 g/mol. The fourth-order valence-corrected chi connectivity index (χ4v) is 1.88. The van der Waals surface area contributed by atoms with Crippen LogP contribution in [0.15, 0.2) is 0 Å². The summed E-state index contributed by atoms with van der Waals surface area (Å²) in [4.78, 5) is 22.9. The first kappa shape index (κ1) is 19.9. The van der Waals surface area contributed by atoms with Gasteiger partial charge in [-0.3, -0.25) is 9.59 Å². The van der Waals surface area contributed by atoms with Gasteiger partial charge in [-0.1, -0.05) is 32.6 Å². The molecule has 0 heterocycles. The van der Waals surface area contributed by atoms with E-state index >= 15 is 0 Å². The summed E-state index contributed by atoms with van der Waals surface area (Å²) in [5.74, 6) is -0.177. The molecule has 0 saturated heterocycles. The Balaban J connectivity index is 3.32. The molecule has 0 aromatic heterocycles. The Morgan fingerprint density at radius 3 is 2.29 bits per heavy atom. The third-order valence-corrected chi connectivity index (χ3v) is 2.99. The average Bonchev–Trinajstić information content (AvgIpc) is 2.42. The van der Waals surface area contributed by atoms with Crippen LogP contribution in [0.5, 0.6) is 0 Å². The van der Waals surface area contributed by atoms with E-state index in [1.807, 2.05) is 13.8 Å². The summed E-state index contributed by atoms with van der Waals surface area (Å²) in [7, 11) is 0. The SMILES string of the molecule is CCCCCCCOCCNC(=O)CCC(=O)NC(C)C. The number of carbonyl (C=O) groups is 2. The van der Waals surface area contributed by atoms with E-state index < -0.39 is 0 Å². The summed E-state index contributed by atoms with van der Waals surface area (Å²) in [6.07, 6.45) is 6.59. The van der Waals surface area contributed by atoms with Gasteiger partial charge in [0.15, 0.2) is 0 Å². The van der Waals surface area contributed by atoms with Crippen molar-refractivity contribution in [3.05, 3.63) is 0 Å². The molecule has 0 aliphatic rings. The van der Waals surface area contributed by atoms with Gasteiger partial charge in [-0.15, -0.1) is 0 Å². The van der Waals surface area contributed by atoms with E-state index in [-0.39, 0.29) is 30.7 Å². The Kier molecular flexibility index (Phi) is 13.1. The van der Waals surface area contributed by atoms with Gasteiger partial charge in [-0.05, 0) is 20.3 Å². The Morgan fingerprint density at radius 1 is 0.952 bits per heavy atom. The maximum atomic E-state index is 11.5. The smallest absolute Gasteiger partial charge is 0.220 e. The van der Waals surface area contributed by atoms with Gasteiger partial charge in [0.25, 0.3) is 0 Å². The van der Waals surface area contributed by atoms with Crippen molar-refractivity contribution in [2.75, 3.05) is 19.8 Å². The van der Waals surface area contributed by atoms with Gasteiger partial charge in [0.2, 0.25) is 11.8 Å². The largest absolute Gasteiger partial charge is 0.380 e. The highest BCUT2D eigenvalue weighted by Gasteiger charge is 2.07. The highest BCUT2D eigenvalue weighted by Crippen LogP contribution is 2.02. The number of hydrogen-bond donors (Lipinski definition) is 2. The van der Waals surface area contributed by atoms with Crippen molar-refractivity contribution in [2.24, 2.45) is 0 Å². The van der Waals surface area contributed by atoms with E-state index in [0.717, 1.165) is 13.0 Å². The van der Waals surface area contributed by atoms with Crippen LogP contribution in [0.1, 0.15) is 65.7 Å². The fraction of sp³-hybridized carbons (Fsp3) is 0.875. The van der Waals surface area contributed by atoms with E-state index in [4.69, 9.17) is 4.74 Å². The molecule has 0 saturated carbocycles. The van der Waals surface area contributed by atoms with Crippen LogP contribution in [-0.4, -0.2) is 37.6 Å². The van der Waals surface area contributed by atoms with E-state index in [1.165, 1.54) is 25.7 Å². The summed E-state index contributed by atoms with van der Waals surface area (Å²) in [5.41, 5.74) is 0. The molecule has 124 valence electrons. The van der Waals surface area contributed by atoms with Crippen molar-refractivity contribution in [1.82, 2.24) is 10.6 Å². The molecule has 0 atom stereocenters. The summed E-state index contributed by atoms with van der Waals surface area (Å²) in [6, 6.07) is 0.117. The molecule has 0 aliphatic carbocycles. The Bertz CT molecular complexity index is 281. The van der Waals surface area contributed by atoms with Gasteiger partial charge in [0.05, 0.1) is 6.61 Å². The Labute approximate surface area is 129 Å². The van der Waals surface area contributed by atoms with Crippen LogP contribution in [0.3, 0.4) is 0 Å². The van der Waals surface area contributed by atoms with E-state index in [2.05, 4.69) is 17.6 Å². The number of nitrogens with one attached hydrogen (secondary N) is 2. The summed E-state index contributed by atoms with van der Waals surface area (Å²) >= 11 is 0. The van der Waals surface area contributed by atoms with Gasteiger partial charge in [0.1, 0.15) is 0 Å². The van der Waals surface area contributed by atoms with E-state index in [9.17, 15) is 9.59 Å². The van der Waals surface area contributed by atoms with Crippen LogP contribution in [0, 0.1) is 0 Å². The first-order chi connectivity index (χ1) is 10.1. The maximum Gasteiger partial charge on any atom is 0.220 e. The number of unbranched alkanes of at least 4 members (excludes halogenated alkanes) is 4. The fourth-order valence-electron chi connectivity index (χ4n) is 1.88. The second-order valence-corrected chi connectivity index (χ2v) is 5.60. The first-order valence-electron chi connectivity index (χ1n) is 8.20. The molecule has 21 heavy (non-hydrogen) atoms. The summed E-state index contributed by atoms with van der Waals surface area (Å²) in [6.45, 7) is 7.81. The third-order valence-electron chi connectivity index (χ3n) is 2.99. The zero-order chi connectivity index (χ0) is 15.9. The number of amides is 2. The molecular weight excluding hydrogens is 268 g/mol. The van der Waals surface area contributed by atoms with Crippen LogP contribution in [0.4, 0.5) is 0 Å². The maximum absolute atomic E-state index is 11.5. The van der Waals surface area contributed by atoms with Crippen molar-refractivity contribution in [3.8, 4) is 0 Å². The lowest BCUT2D eigenvalue weighted by Crippen LogP contribution is -2.32. The predicted octanol–water partition coefficient (Wildman–Crippen LogP) is 2.39. The van der Waals surface area contributed by atoms with Crippen LogP contribution in [0.2, 0.25) is 0 Å². The second kappa shape index (κ2) is 13.9. The van der Waals surface area contributed by atoms with Gasteiger partial charge in [-0.25, -0.2) is 0 Å². The van der Waals surface area contributed by atoms with Crippen LogP contribution in [-0.2, 0) is 14.3 Å². The average molecular weight is 300 g/mol. The van der Waals surface area contributed by atoms with Crippen LogP contribution < -0.4 is 10.6 Å². The molecule has 2 amide bonds. The van der Waals surface area contributed by atoms with Crippen LogP contribution in [0.25, 0.3) is 0 Å². The molecule has 0 aliphatic heterocycles. The summed E-state index contributed by atoms with van der Waals surface area (Å²) in [5, 5.41) is 5.52. The number of hydrogen-bond acceptors (Lipinski definition) is 3. The molecule has 0 bridgehead atoms. The predicted molar refractivity (Wildman–Crippen MR) is 85.1 cm³/mol. The van der Waals surface area contributed by atoms with Gasteiger partial charge < -0.3 is 15.4 Å². The molecule has 0 fully saturated rings. The number of ether oxygens (including phenoxy) is 1. The molecule has 0 aromatic rings. The molecular formula is C16H32N2O3. The normalized spacial score (nSPS) is 10.7. The lowest BCUT2D eigenvalue weighted by Gasteiger charge is -2.09. The third kappa shape index (κ3) is 15.1. The molecule has 5 nitrogen and oxygen atoms in total. The quantitative estimate of drug-likeness (QED) is 0.513. The van der Waals surface area contributed by atoms with Crippen molar-refractivity contribution >= 4 is 11.8 Å². The minimum Gasteiger partial charge on any atom is -0.380 e. The van der Waals surface area contributed by atoms with Crippen molar-refractivity contribution < 1.29 is 14.3 Å². The minimum atomic E-state index is -0.0968. The highest BCUT2D eigenvalue weighted by atomic mass is 16.5. The molecule has 0 spiro atoms. The second-order valence-electron chi connectivity index (χ2n) is 5.60. The van der Waals surface area contributed by atoms with Crippen LogP contribution >= 0.6 is 0 Å². The molecule has 0 unspecified atom stereocenters. The number of rotatable bonds is 13. The first-order valence-corrected chi connectivity index (χ1v) is 8.20. The zero-order valence-corrected chi connectivity index (χ0v) is 13.9. The summed E-state index contributed by atoms with van der Waals surface area (Å²) < 4.78 is 5.45.